The van der Waals surface area contributed by atoms with Gasteiger partial charge in [0, 0.05) is 25.6 Å². The number of rotatable bonds is 5. The van der Waals surface area contributed by atoms with E-state index in [9.17, 15) is 4.79 Å². The Bertz CT molecular complexity index is 697. The molecular weight excluding hydrogens is 312 g/mol. The average Bonchev–Trinajstić information content (AvgIpc) is 3.23. The number of carbonyl (C=O) groups is 1. The molecule has 2 unspecified atom stereocenters. The Morgan fingerprint density at radius 1 is 1.58 bits per heavy atom. The second-order valence-corrected chi connectivity index (χ2v) is 5.84. The number of aromatic amines is 1. The van der Waals surface area contributed by atoms with Gasteiger partial charge < -0.3 is 14.6 Å². The van der Waals surface area contributed by atoms with Gasteiger partial charge in [0.25, 0.3) is 0 Å². The number of morpholine rings is 1. The molecule has 0 aromatic carbocycles. The van der Waals surface area contributed by atoms with Crippen LogP contribution in [0.2, 0.25) is 0 Å². The number of nitrogens with zero attached hydrogens (tertiary/aromatic N) is 4. The molecule has 2 N–H and O–H groups in total. The predicted octanol–water partition coefficient (Wildman–Crippen LogP) is 1.06. The number of aryl methyl sites for hydroxylation is 2. The van der Waals surface area contributed by atoms with Crippen LogP contribution < -0.4 is 5.32 Å². The van der Waals surface area contributed by atoms with Crippen LogP contribution in [0.1, 0.15) is 37.4 Å². The summed E-state index contributed by atoms with van der Waals surface area (Å²) in [6.45, 7) is 7.42. The van der Waals surface area contributed by atoms with Crippen LogP contribution in [-0.4, -0.2) is 56.9 Å². The molecule has 9 nitrogen and oxygen atoms in total. The molecule has 1 aliphatic heterocycles. The van der Waals surface area contributed by atoms with Crippen molar-refractivity contribution in [3.05, 3.63) is 23.5 Å². The van der Waals surface area contributed by atoms with Crippen molar-refractivity contribution in [1.29, 1.82) is 0 Å². The first-order valence-corrected chi connectivity index (χ1v) is 8.07. The molecule has 2 atom stereocenters. The summed E-state index contributed by atoms with van der Waals surface area (Å²) in [7, 11) is 0. The maximum absolute atomic E-state index is 12.4. The fourth-order valence-electron chi connectivity index (χ4n) is 2.61. The van der Waals surface area contributed by atoms with E-state index in [2.05, 4.69) is 30.6 Å². The summed E-state index contributed by atoms with van der Waals surface area (Å²) in [5.74, 6) is 2.42. The van der Waals surface area contributed by atoms with Crippen LogP contribution in [0, 0.1) is 6.92 Å². The maximum atomic E-state index is 12.4. The first kappa shape index (κ1) is 16.6. The van der Waals surface area contributed by atoms with Crippen molar-refractivity contribution in [1.82, 2.24) is 25.2 Å². The number of aromatic nitrogens is 4. The summed E-state index contributed by atoms with van der Waals surface area (Å²) in [5.41, 5.74) is 0. The first-order chi connectivity index (χ1) is 11.6. The lowest BCUT2D eigenvalue weighted by Gasteiger charge is -2.34. The van der Waals surface area contributed by atoms with E-state index >= 15 is 0 Å². The van der Waals surface area contributed by atoms with Gasteiger partial charge in [0.05, 0.1) is 12.6 Å². The molecule has 0 spiro atoms. The Labute approximate surface area is 139 Å². The maximum Gasteiger partial charge on any atom is 0.242 e. The molecule has 130 valence electrons. The summed E-state index contributed by atoms with van der Waals surface area (Å²) < 4.78 is 10.7. The number of anilines is 1. The molecular formula is C15H22N6O3. The summed E-state index contributed by atoms with van der Waals surface area (Å²) in [6.07, 6.45) is 0.555. The van der Waals surface area contributed by atoms with E-state index in [1.54, 1.807) is 13.0 Å². The minimum absolute atomic E-state index is 0.131. The Morgan fingerprint density at radius 2 is 2.42 bits per heavy atom. The van der Waals surface area contributed by atoms with Crippen molar-refractivity contribution < 1.29 is 14.1 Å². The lowest BCUT2D eigenvalue weighted by atomic mass is 10.2. The number of carbonyl (C=O) groups excluding carboxylic acids is 1. The third-order valence-electron chi connectivity index (χ3n) is 4.08. The van der Waals surface area contributed by atoms with Crippen LogP contribution in [0.25, 0.3) is 0 Å². The minimum atomic E-state index is -0.321. The van der Waals surface area contributed by atoms with Gasteiger partial charge in [-0.3, -0.25) is 14.8 Å². The molecule has 2 aromatic heterocycles. The molecule has 9 heteroatoms. The smallest absolute Gasteiger partial charge is 0.242 e. The zero-order valence-corrected chi connectivity index (χ0v) is 14.1. The van der Waals surface area contributed by atoms with E-state index in [1.807, 2.05) is 13.8 Å². The van der Waals surface area contributed by atoms with Crippen molar-refractivity contribution in [2.24, 2.45) is 0 Å². The van der Waals surface area contributed by atoms with E-state index in [-0.39, 0.29) is 18.1 Å². The zero-order chi connectivity index (χ0) is 17.1. The monoisotopic (exact) mass is 334 g/mol. The molecule has 24 heavy (non-hydrogen) atoms. The van der Waals surface area contributed by atoms with Gasteiger partial charge in [0.2, 0.25) is 5.91 Å². The van der Waals surface area contributed by atoms with Gasteiger partial charge in [0.15, 0.2) is 11.6 Å². The number of hydrogen-bond donors (Lipinski definition) is 2. The lowest BCUT2D eigenvalue weighted by Crippen LogP contribution is -2.48. The SMILES string of the molecule is CCc1nc(C2CN(C(C)C(=O)Nc3cc(C)on3)CCO2)n[nH]1. The number of amides is 1. The molecule has 0 bridgehead atoms. The summed E-state index contributed by atoms with van der Waals surface area (Å²) in [4.78, 5) is 18.9. The van der Waals surface area contributed by atoms with Crippen LogP contribution >= 0.6 is 0 Å². The van der Waals surface area contributed by atoms with Crippen molar-refractivity contribution in [3.63, 3.8) is 0 Å². The van der Waals surface area contributed by atoms with Crippen molar-refractivity contribution in [2.75, 3.05) is 25.0 Å². The molecule has 2 aromatic rings. The minimum Gasteiger partial charge on any atom is -0.367 e. The molecule has 3 heterocycles. The van der Waals surface area contributed by atoms with Gasteiger partial charge in [-0.25, -0.2) is 4.98 Å². The fraction of sp³-hybridized carbons (Fsp3) is 0.600. The molecule has 1 fully saturated rings. The molecule has 1 amide bonds. The van der Waals surface area contributed by atoms with Crippen molar-refractivity contribution in [2.45, 2.75) is 39.3 Å². The number of nitrogens with one attached hydrogen (secondary N) is 2. The highest BCUT2D eigenvalue weighted by molar-refractivity contribution is 5.93. The lowest BCUT2D eigenvalue weighted by molar-refractivity contribution is -0.124. The molecule has 0 aliphatic carbocycles. The van der Waals surface area contributed by atoms with Gasteiger partial charge in [0.1, 0.15) is 17.7 Å². The van der Waals surface area contributed by atoms with Crippen molar-refractivity contribution >= 4 is 11.7 Å². The Kier molecular flexibility index (Phi) is 4.91. The second kappa shape index (κ2) is 7.10. The van der Waals surface area contributed by atoms with E-state index in [4.69, 9.17) is 9.26 Å². The van der Waals surface area contributed by atoms with Crippen LogP contribution in [0.15, 0.2) is 10.6 Å². The number of H-pyrrole nitrogens is 1. The van der Waals surface area contributed by atoms with E-state index in [1.165, 1.54) is 0 Å². The van der Waals surface area contributed by atoms with Crippen LogP contribution in [-0.2, 0) is 16.0 Å². The quantitative estimate of drug-likeness (QED) is 0.841. The summed E-state index contributed by atoms with van der Waals surface area (Å²) >= 11 is 0. The molecule has 0 saturated carbocycles. The predicted molar refractivity (Wildman–Crippen MR) is 85.4 cm³/mol. The zero-order valence-electron chi connectivity index (χ0n) is 14.1. The second-order valence-electron chi connectivity index (χ2n) is 5.84. The third kappa shape index (κ3) is 3.62. The van der Waals surface area contributed by atoms with E-state index < -0.39 is 0 Å². The topological polar surface area (TPSA) is 109 Å². The number of hydrogen-bond acceptors (Lipinski definition) is 7. The van der Waals surface area contributed by atoms with Crippen LogP contribution in [0.5, 0.6) is 0 Å². The number of ether oxygens (including phenoxy) is 1. The molecule has 1 aliphatic rings. The average molecular weight is 334 g/mol. The highest BCUT2D eigenvalue weighted by atomic mass is 16.5. The normalized spacial score (nSPS) is 20.0. The summed E-state index contributed by atoms with van der Waals surface area (Å²) in [6, 6.07) is 1.37. The van der Waals surface area contributed by atoms with Gasteiger partial charge in [-0.1, -0.05) is 12.1 Å². The van der Waals surface area contributed by atoms with Gasteiger partial charge >= 0.3 is 0 Å². The highest BCUT2D eigenvalue weighted by Gasteiger charge is 2.31. The van der Waals surface area contributed by atoms with Crippen LogP contribution in [0.3, 0.4) is 0 Å². The molecule has 0 radical (unpaired) electrons. The third-order valence-corrected chi connectivity index (χ3v) is 4.08. The highest BCUT2D eigenvalue weighted by Crippen LogP contribution is 2.21. The largest absolute Gasteiger partial charge is 0.367 e. The Morgan fingerprint density at radius 3 is 3.08 bits per heavy atom. The summed E-state index contributed by atoms with van der Waals surface area (Å²) in [5, 5.41) is 13.7. The van der Waals surface area contributed by atoms with Gasteiger partial charge in [-0.15, -0.1) is 0 Å². The van der Waals surface area contributed by atoms with Crippen LogP contribution in [0.4, 0.5) is 5.82 Å². The first-order valence-electron chi connectivity index (χ1n) is 8.07. The standard InChI is InChI=1S/C15H22N6O3/c1-4-12-16-14(19-18-12)11-8-21(5-6-23-11)10(3)15(22)17-13-7-9(2)24-20-13/h7,10-11H,4-6,8H2,1-3H3,(H,16,18,19)(H,17,20,22). The van der Waals surface area contributed by atoms with E-state index in [0.29, 0.717) is 37.1 Å². The fourth-order valence-corrected chi connectivity index (χ4v) is 2.61. The van der Waals surface area contributed by atoms with Crippen molar-refractivity contribution in [3.8, 4) is 0 Å². The van der Waals surface area contributed by atoms with E-state index in [0.717, 1.165) is 12.2 Å². The Hall–Kier alpha value is -2.26. The molecule has 1 saturated heterocycles. The molecule has 3 rings (SSSR count). The van der Waals surface area contributed by atoms with Gasteiger partial charge in [-0.05, 0) is 13.8 Å². The van der Waals surface area contributed by atoms with Gasteiger partial charge in [-0.2, -0.15) is 5.10 Å². The Balaban J connectivity index is 1.61.